The Kier molecular flexibility index (Phi) is 6.20. The maximum Gasteiger partial charge on any atom is 0.357 e. The summed E-state index contributed by atoms with van der Waals surface area (Å²) in [4.78, 5) is 15.9. The van der Waals surface area contributed by atoms with Crippen LogP contribution in [0.25, 0.3) is 12.2 Å². The summed E-state index contributed by atoms with van der Waals surface area (Å²) in [5.74, 6) is 1.27. The van der Waals surface area contributed by atoms with Crippen LogP contribution in [-0.4, -0.2) is 38.9 Å². The second kappa shape index (κ2) is 8.35. The van der Waals surface area contributed by atoms with Crippen molar-refractivity contribution in [2.24, 2.45) is 0 Å². The minimum atomic E-state index is -0.416. The molecule has 0 saturated carbocycles. The molecule has 7 heteroatoms. The standard InChI is InChI=1S/C17H19NO5S/c1-5-23-17(19)12-10-24-15(18-12)7-6-11-8-13(20-2)16(22-4)14(9-11)21-3/h6-10H,5H2,1-4H3. The van der Waals surface area contributed by atoms with Crippen molar-refractivity contribution in [3.05, 3.63) is 33.8 Å². The van der Waals surface area contributed by atoms with Gasteiger partial charge in [0.2, 0.25) is 5.75 Å². The molecule has 0 fully saturated rings. The number of hydrogen-bond donors (Lipinski definition) is 0. The summed E-state index contributed by atoms with van der Waals surface area (Å²) >= 11 is 1.36. The van der Waals surface area contributed by atoms with Crippen molar-refractivity contribution in [3.63, 3.8) is 0 Å². The molecule has 0 atom stereocenters. The summed E-state index contributed by atoms with van der Waals surface area (Å²) in [6.07, 6.45) is 3.67. The van der Waals surface area contributed by atoms with Crippen LogP contribution in [-0.2, 0) is 4.74 Å². The third-order valence-electron chi connectivity index (χ3n) is 3.11. The van der Waals surface area contributed by atoms with Crippen LogP contribution >= 0.6 is 11.3 Å². The number of benzene rings is 1. The largest absolute Gasteiger partial charge is 0.493 e. The summed E-state index contributed by atoms with van der Waals surface area (Å²) < 4.78 is 20.9. The predicted molar refractivity (Wildman–Crippen MR) is 93.1 cm³/mol. The van der Waals surface area contributed by atoms with Gasteiger partial charge >= 0.3 is 5.97 Å². The number of nitrogens with zero attached hydrogens (tertiary/aromatic N) is 1. The third kappa shape index (κ3) is 4.05. The summed E-state index contributed by atoms with van der Waals surface area (Å²) in [7, 11) is 4.69. The second-order valence-corrected chi connectivity index (χ2v) is 5.47. The number of methoxy groups -OCH3 is 3. The Bertz CT molecular complexity index is 713. The van der Waals surface area contributed by atoms with Crippen LogP contribution in [0.5, 0.6) is 17.2 Å². The molecule has 1 aromatic heterocycles. The molecular formula is C17H19NO5S. The first-order valence-corrected chi connectivity index (χ1v) is 8.11. The molecule has 128 valence electrons. The first-order valence-electron chi connectivity index (χ1n) is 7.23. The molecule has 0 N–H and O–H groups in total. The van der Waals surface area contributed by atoms with Crippen molar-refractivity contribution >= 4 is 29.5 Å². The lowest BCUT2D eigenvalue weighted by molar-refractivity contribution is 0.0520. The number of ether oxygens (including phenoxy) is 4. The molecule has 0 aliphatic carbocycles. The number of thiazole rings is 1. The summed E-state index contributed by atoms with van der Waals surface area (Å²) in [5.41, 5.74) is 1.17. The highest BCUT2D eigenvalue weighted by molar-refractivity contribution is 7.10. The second-order valence-electron chi connectivity index (χ2n) is 4.58. The van der Waals surface area contributed by atoms with Crippen LogP contribution in [0.2, 0.25) is 0 Å². The summed E-state index contributed by atoms with van der Waals surface area (Å²) in [6, 6.07) is 3.66. The lowest BCUT2D eigenvalue weighted by Crippen LogP contribution is -2.04. The molecule has 1 heterocycles. The zero-order valence-electron chi connectivity index (χ0n) is 14.0. The van der Waals surface area contributed by atoms with Gasteiger partial charge in [-0.05, 0) is 30.7 Å². The first-order chi connectivity index (χ1) is 11.6. The highest BCUT2D eigenvalue weighted by Crippen LogP contribution is 2.38. The number of carbonyl (C=O) groups excluding carboxylic acids is 1. The predicted octanol–water partition coefficient (Wildman–Crippen LogP) is 3.52. The van der Waals surface area contributed by atoms with Crippen LogP contribution < -0.4 is 14.2 Å². The van der Waals surface area contributed by atoms with E-state index in [0.29, 0.717) is 34.6 Å². The van der Waals surface area contributed by atoms with Gasteiger partial charge < -0.3 is 18.9 Å². The lowest BCUT2D eigenvalue weighted by atomic mass is 10.1. The monoisotopic (exact) mass is 349 g/mol. The zero-order chi connectivity index (χ0) is 17.5. The molecule has 0 spiro atoms. The van der Waals surface area contributed by atoms with E-state index in [-0.39, 0.29) is 0 Å². The number of carbonyl (C=O) groups is 1. The molecule has 1 aromatic carbocycles. The third-order valence-corrected chi connectivity index (χ3v) is 3.92. The topological polar surface area (TPSA) is 66.9 Å². The van der Waals surface area contributed by atoms with E-state index in [1.807, 2.05) is 24.3 Å². The van der Waals surface area contributed by atoms with Crippen molar-refractivity contribution in [1.82, 2.24) is 4.98 Å². The molecule has 0 aliphatic heterocycles. The van der Waals surface area contributed by atoms with E-state index in [1.165, 1.54) is 11.3 Å². The zero-order valence-corrected chi connectivity index (χ0v) is 14.8. The van der Waals surface area contributed by atoms with Gasteiger partial charge in [0.15, 0.2) is 17.2 Å². The van der Waals surface area contributed by atoms with Crippen LogP contribution in [0, 0.1) is 0 Å². The van der Waals surface area contributed by atoms with E-state index in [1.54, 1.807) is 33.6 Å². The first kappa shape index (κ1) is 17.8. The SMILES string of the molecule is CCOC(=O)c1csc(C=Cc2cc(OC)c(OC)c(OC)c2)n1. The summed E-state index contributed by atoms with van der Waals surface area (Å²) in [5, 5.41) is 2.37. The van der Waals surface area contributed by atoms with Crippen LogP contribution in [0.3, 0.4) is 0 Å². The Hall–Kier alpha value is -2.54. The van der Waals surface area contributed by atoms with Gasteiger partial charge in [0, 0.05) is 5.38 Å². The van der Waals surface area contributed by atoms with E-state index in [4.69, 9.17) is 18.9 Å². The minimum Gasteiger partial charge on any atom is -0.493 e. The highest BCUT2D eigenvalue weighted by Gasteiger charge is 2.13. The molecule has 0 aliphatic rings. The van der Waals surface area contributed by atoms with Crippen molar-refractivity contribution < 1.29 is 23.7 Å². The Labute approximate surface area is 144 Å². The molecule has 0 amide bonds. The lowest BCUT2D eigenvalue weighted by Gasteiger charge is -2.12. The average molecular weight is 349 g/mol. The van der Waals surface area contributed by atoms with Gasteiger partial charge in [-0.15, -0.1) is 11.3 Å². The molecule has 0 unspecified atom stereocenters. The van der Waals surface area contributed by atoms with Crippen molar-refractivity contribution in [1.29, 1.82) is 0 Å². The van der Waals surface area contributed by atoms with E-state index < -0.39 is 5.97 Å². The Morgan fingerprint density at radius 1 is 1.12 bits per heavy atom. The number of esters is 1. The molecule has 2 rings (SSSR count). The molecule has 0 bridgehead atoms. The molecule has 24 heavy (non-hydrogen) atoms. The molecular weight excluding hydrogens is 330 g/mol. The number of rotatable bonds is 7. The van der Waals surface area contributed by atoms with Gasteiger partial charge in [0.1, 0.15) is 5.01 Å². The quantitative estimate of drug-likeness (QED) is 0.713. The smallest absolute Gasteiger partial charge is 0.357 e. The van der Waals surface area contributed by atoms with Gasteiger partial charge in [-0.1, -0.05) is 6.08 Å². The fourth-order valence-corrected chi connectivity index (χ4v) is 2.71. The van der Waals surface area contributed by atoms with E-state index in [2.05, 4.69) is 4.98 Å². The minimum absolute atomic E-state index is 0.311. The molecule has 6 nitrogen and oxygen atoms in total. The van der Waals surface area contributed by atoms with E-state index in [9.17, 15) is 4.79 Å². The molecule has 0 saturated heterocycles. The fourth-order valence-electron chi connectivity index (χ4n) is 2.03. The summed E-state index contributed by atoms with van der Waals surface area (Å²) in [6.45, 7) is 2.09. The van der Waals surface area contributed by atoms with Crippen molar-refractivity contribution in [3.8, 4) is 17.2 Å². The van der Waals surface area contributed by atoms with Gasteiger partial charge in [0.05, 0.1) is 27.9 Å². The van der Waals surface area contributed by atoms with E-state index in [0.717, 1.165) is 5.56 Å². The number of hydrogen-bond acceptors (Lipinski definition) is 7. The van der Waals surface area contributed by atoms with Gasteiger partial charge in [-0.25, -0.2) is 9.78 Å². The van der Waals surface area contributed by atoms with Gasteiger partial charge in [-0.2, -0.15) is 0 Å². The van der Waals surface area contributed by atoms with Gasteiger partial charge in [-0.3, -0.25) is 0 Å². The van der Waals surface area contributed by atoms with Crippen molar-refractivity contribution in [2.75, 3.05) is 27.9 Å². The fraction of sp³-hybridized carbons (Fsp3) is 0.294. The maximum atomic E-state index is 11.6. The van der Waals surface area contributed by atoms with E-state index >= 15 is 0 Å². The maximum absolute atomic E-state index is 11.6. The van der Waals surface area contributed by atoms with Crippen LogP contribution in [0.4, 0.5) is 0 Å². The molecule has 0 radical (unpaired) electrons. The highest BCUT2D eigenvalue weighted by atomic mass is 32.1. The van der Waals surface area contributed by atoms with Gasteiger partial charge in [0.25, 0.3) is 0 Å². The molecule has 2 aromatic rings. The average Bonchev–Trinajstić information content (AvgIpc) is 3.08. The van der Waals surface area contributed by atoms with Crippen LogP contribution in [0.1, 0.15) is 28.0 Å². The Morgan fingerprint density at radius 2 is 1.79 bits per heavy atom. The normalized spacial score (nSPS) is 10.7. The van der Waals surface area contributed by atoms with Crippen LogP contribution in [0.15, 0.2) is 17.5 Å². The Balaban J connectivity index is 2.24. The number of aromatic nitrogens is 1. The van der Waals surface area contributed by atoms with Crippen molar-refractivity contribution in [2.45, 2.75) is 6.92 Å². The Morgan fingerprint density at radius 3 is 2.33 bits per heavy atom.